The largest absolute Gasteiger partial charge is 0.373 e. The minimum absolute atomic E-state index is 0.157. The van der Waals surface area contributed by atoms with Gasteiger partial charge in [0.05, 0.1) is 24.4 Å². The minimum atomic E-state index is -0.157. The Hall–Kier alpha value is -0.160. The van der Waals surface area contributed by atoms with Gasteiger partial charge in [-0.2, -0.15) is 0 Å². The molecule has 0 rings (SSSR count). The highest BCUT2D eigenvalue weighted by Gasteiger charge is 2.19. The fourth-order valence-corrected chi connectivity index (χ4v) is 1.48. The summed E-state index contributed by atoms with van der Waals surface area (Å²) in [5, 5.41) is 0. The lowest BCUT2D eigenvalue weighted by Crippen LogP contribution is -2.32. The molecule has 0 spiro atoms. The Kier molecular flexibility index (Phi) is 7.15. The van der Waals surface area contributed by atoms with E-state index in [0.717, 1.165) is 12.8 Å². The van der Waals surface area contributed by atoms with Gasteiger partial charge < -0.3 is 20.9 Å². The van der Waals surface area contributed by atoms with E-state index in [2.05, 4.69) is 0 Å². The highest BCUT2D eigenvalue weighted by molar-refractivity contribution is 4.70. The molecule has 0 saturated carbocycles. The summed E-state index contributed by atoms with van der Waals surface area (Å²) in [6, 6.07) is 0. The molecular weight excluding hydrogens is 204 g/mol. The second-order valence-corrected chi connectivity index (χ2v) is 5.29. The van der Waals surface area contributed by atoms with E-state index in [1.807, 2.05) is 27.7 Å². The molecule has 0 aromatic heterocycles. The number of hydrogen-bond acceptors (Lipinski definition) is 4. The Balaban J connectivity index is 3.67. The first kappa shape index (κ1) is 15.8. The monoisotopic (exact) mass is 232 g/mol. The van der Waals surface area contributed by atoms with Gasteiger partial charge in [0.15, 0.2) is 0 Å². The quantitative estimate of drug-likeness (QED) is 0.587. The van der Waals surface area contributed by atoms with E-state index in [-0.39, 0.29) is 11.2 Å². The SMILES string of the molecule is CC(C)(CCN)OCCOC(C)(C)CCN. The average molecular weight is 232 g/mol. The molecule has 0 unspecified atom stereocenters. The van der Waals surface area contributed by atoms with Crippen LogP contribution in [-0.2, 0) is 9.47 Å². The second kappa shape index (κ2) is 7.22. The average Bonchev–Trinajstić information content (AvgIpc) is 2.12. The van der Waals surface area contributed by atoms with Gasteiger partial charge in [0.2, 0.25) is 0 Å². The molecule has 0 amide bonds. The predicted octanol–water partition coefficient (Wildman–Crippen LogP) is 1.27. The number of nitrogens with two attached hydrogens (primary N) is 2. The van der Waals surface area contributed by atoms with Crippen LogP contribution in [0.2, 0.25) is 0 Å². The van der Waals surface area contributed by atoms with Gasteiger partial charge in [-0.05, 0) is 53.6 Å². The van der Waals surface area contributed by atoms with Gasteiger partial charge in [-0.15, -0.1) is 0 Å². The normalized spacial score (nSPS) is 13.1. The molecule has 0 aromatic rings. The molecule has 0 saturated heterocycles. The van der Waals surface area contributed by atoms with Crippen LogP contribution >= 0.6 is 0 Å². The third-order valence-electron chi connectivity index (χ3n) is 2.56. The maximum Gasteiger partial charge on any atom is 0.0708 e. The van der Waals surface area contributed by atoms with E-state index < -0.39 is 0 Å². The van der Waals surface area contributed by atoms with E-state index >= 15 is 0 Å². The molecule has 0 aliphatic carbocycles. The molecule has 4 nitrogen and oxygen atoms in total. The van der Waals surface area contributed by atoms with Gasteiger partial charge in [0.1, 0.15) is 0 Å². The Morgan fingerprint density at radius 1 is 0.750 bits per heavy atom. The standard InChI is InChI=1S/C12H28N2O2/c1-11(2,5-7-13)15-9-10-16-12(3,4)6-8-14/h5-10,13-14H2,1-4H3. The first-order valence-corrected chi connectivity index (χ1v) is 6.01. The van der Waals surface area contributed by atoms with E-state index in [1.54, 1.807) is 0 Å². The van der Waals surface area contributed by atoms with E-state index in [9.17, 15) is 0 Å². The van der Waals surface area contributed by atoms with Gasteiger partial charge in [-0.25, -0.2) is 0 Å². The van der Waals surface area contributed by atoms with Crippen molar-refractivity contribution in [1.82, 2.24) is 0 Å². The Morgan fingerprint density at radius 2 is 1.06 bits per heavy atom. The molecule has 0 radical (unpaired) electrons. The molecule has 16 heavy (non-hydrogen) atoms. The van der Waals surface area contributed by atoms with E-state index in [0.29, 0.717) is 26.3 Å². The van der Waals surface area contributed by atoms with Crippen LogP contribution < -0.4 is 11.5 Å². The summed E-state index contributed by atoms with van der Waals surface area (Å²) < 4.78 is 11.4. The van der Waals surface area contributed by atoms with E-state index in [4.69, 9.17) is 20.9 Å². The lowest BCUT2D eigenvalue weighted by atomic mass is 10.1. The van der Waals surface area contributed by atoms with Crippen LogP contribution in [0.4, 0.5) is 0 Å². The summed E-state index contributed by atoms with van der Waals surface area (Å²) in [4.78, 5) is 0. The van der Waals surface area contributed by atoms with Gasteiger partial charge in [0, 0.05) is 0 Å². The molecule has 4 N–H and O–H groups in total. The van der Waals surface area contributed by atoms with Gasteiger partial charge in [-0.3, -0.25) is 0 Å². The summed E-state index contributed by atoms with van der Waals surface area (Å²) >= 11 is 0. The van der Waals surface area contributed by atoms with Crippen molar-refractivity contribution in [2.45, 2.75) is 51.7 Å². The van der Waals surface area contributed by atoms with Crippen LogP contribution in [0.5, 0.6) is 0 Å². The Bertz CT molecular complexity index is 162. The van der Waals surface area contributed by atoms with Crippen LogP contribution in [0.3, 0.4) is 0 Å². The van der Waals surface area contributed by atoms with Crippen LogP contribution in [0.1, 0.15) is 40.5 Å². The molecule has 0 aromatic carbocycles. The highest BCUT2D eigenvalue weighted by atomic mass is 16.5. The van der Waals surface area contributed by atoms with Crippen LogP contribution in [-0.4, -0.2) is 37.5 Å². The van der Waals surface area contributed by atoms with Crippen molar-refractivity contribution in [3.8, 4) is 0 Å². The second-order valence-electron chi connectivity index (χ2n) is 5.29. The van der Waals surface area contributed by atoms with Gasteiger partial charge in [0.25, 0.3) is 0 Å². The third-order valence-corrected chi connectivity index (χ3v) is 2.56. The predicted molar refractivity (Wildman–Crippen MR) is 67.4 cm³/mol. The zero-order valence-electron chi connectivity index (χ0n) is 11.2. The lowest BCUT2D eigenvalue weighted by molar-refractivity contribution is -0.0871. The molecule has 0 fully saturated rings. The smallest absolute Gasteiger partial charge is 0.0708 e. The van der Waals surface area contributed by atoms with Crippen molar-refractivity contribution in [3.63, 3.8) is 0 Å². The summed E-state index contributed by atoms with van der Waals surface area (Å²) in [5.74, 6) is 0. The minimum Gasteiger partial charge on any atom is -0.373 e. The highest BCUT2D eigenvalue weighted by Crippen LogP contribution is 2.15. The maximum absolute atomic E-state index is 5.71. The molecule has 4 heteroatoms. The summed E-state index contributed by atoms with van der Waals surface area (Å²) in [6.07, 6.45) is 1.72. The molecular formula is C12H28N2O2. The Labute approximate surface area is 99.7 Å². The zero-order chi connectivity index (χ0) is 12.7. The molecule has 0 aliphatic heterocycles. The number of hydrogen-bond donors (Lipinski definition) is 2. The first-order chi connectivity index (χ1) is 7.33. The van der Waals surface area contributed by atoms with Crippen molar-refractivity contribution in [3.05, 3.63) is 0 Å². The van der Waals surface area contributed by atoms with Crippen molar-refractivity contribution in [2.24, 2.45) is 11.5 Å². The van der Waals surface area contributed by atoms with E-state index in [1.165, 1.54) is 0 Å². The first-order valence-electron chi connectivity index (χ1n) is 6.01. The molecule has 0 bridgehead atoms. The molecule has 0 atom stereocenters. The fourth-order valence-electron chi connectivity index (χ4n) is 1.48. The van der Waals surface area contributed by atoms with Crippen LogP contribution in [0.25, 0.3) is 0 Å². The molecule has 0 heterocycles. The van der Waals surface area contributed by atoms with Crippen molar-refractivity contribution >= 4 is 0 Å². The Morgan fingerprint density at radius 3 is 1.31 bits per heavy atom. The number of rotatable bonds is 9. The third kappa shape index (κ3) is 8.05. The van der Waals surface area contributed by atoms with Gasteiger partial charge >= 0.3 is 0 Å². The van der Waals surface area contributed by atoms with Crippen molar-refractivity contribution < 1.29 is 9.47 Å². The van der Waals surface area contributed by atoms with Crippen LogP contribution in [0, 0.1) is 0 Å². The fraction of sp³-hybridized carbons (Fsp3) is 1.00. The summed E-state index contributed by atoms with van der Waals surface area (Å²) in [7, 11) is 0. The lowest BCUT2D eigenvalue weighted by Gasteiger charge is -2.28. The zero-order valence-corrected chi connectivity index (χ0v) is 11.2. The van der Waals surface area contributed by atoms with Crippen molar-refractivity contribution in [1.29, 1.82) is 0 Å². The summed E-state index contributed by atoms with van der Waals surface area (Å²) in [6.45, 7) is 10.7. The van der Waals surface area contributed by atoms with Crippen molar-refractivity contribution in [2.75, 3.05) is 26.3 Å². The molecule has 0 aliphatic rings. The van der Waals surface area contributed by atoms with Crippen LogP contribution in [0.15, 0.2) is 0 Å². The topological polar surface area (TPSA) is 70.5 Å². The maximum atomic E-state index is 5.71. The summed E-state index contributed by atoms with van der Waals surface area (Å²) in [5.41, 5.74) is 10.7. The number of ether oxygens (including phenoxy) is 2. The van der Waals surface area contributed by atoms with Gasteiger partial charge in [-0.1, -0.05) is 0 Å². The molecule has 98 valence electrons.